The number of nitrogens with zero attached hydrogens (tertiary/aromatic N) is 1. The Morgan fingerprint density at radius 3 is 2.61 bits per heavy atom. The van der Waals surface area contributed by atoms with Crippen molar-refractivity contribution in [3.8, 4) is 0 Å². The molecule has 0 saturated carbocycles. The second-order valence-corrected chi connectivity index (χ2v) is 3.51. The van der Waals surface area contributed by atoms with Crippen LogP contribution < -0.4 is 16.4 Å². The van der Waals surface area contributed by atoms with E-state index in [1.165, 1.54) is 6.20 Å². The molecule has 1 heterocycles. The SMILES string of the molecule is Nc1ccc(NCCCNC(=O)C(F)(F)F)nc1. The number of pyridine rings is 1. The summed E-state index contributed by atoms with van der Waals surface area (Å²) < 4.78 is 35.4. The van der Waals surface area contributed by atoms with Crippen molar-refractivity contribution < 1.29 is 18.0 Å². The molecule has 5 nitrogen and oxygen atoms in total. The Labute approximate surface area is 102 Å². The van der Waals surface area contributed by atoms with Gasteiger partial charge in [0.05, 0.1) is 11.9 Å². The van der Waals surface area contributed by atoms with Crippen LogP contribution in [0.1, 0.15) is 6.42 Å². The summed E-state index contributed by atoms with van der Waals surface area (Å²) in [6.45, 7) is 0.343. The zero-order chi connectivity index (χ0) is 13.6. The minimum Gasteiger partial charge on any atom is -0.397 e. The lowest BCUT2D eigenvalue weighted by Gasteiger charge is -2.08. The van der Waals surface area contributed by atoms with Crippen LogP contribution in [0.4, 0.5) is 24.7 Å². The summed E-state index contributed by atoms with van der Waals surface area (Å²) in [5.41, 5.74) is 5.96. The number of anilines is 2. The van der Waals surface area contributed by atoms with Gasteiger partial charge in [0.25, 0.3) is 0 Å². The van der Waals surface area contributed by atoms with Gasteiger partial charge >= 0.3 is 12.1 Å². The molecule has 0 aromatic carbocycles. The van der Waals surface area contributed by atoms with Crippen LogP contribution in [0.2, 0.25) is 0 Å². The van der Waals surface area contributed by atoms with Crippen LogP contribution in [-0.4, -0.2) is 30.2 Å². The highest BCUT2D eigenvalue weighted by Gasteiger charge is 2.38. The van der Waals surface area contributed by atoms with Gasteiger partial charge in [-0.3, -0.25) is 4.79 Å². The first-order valence-electron chi connectivity index (χ1n) is 5.20. The van der Waals surface area contributed by atoms with Crippen LogP contribution >= 0.6 is 0 Å². The molecule has 0 unspecified atom stereocenters. The standard InChI is InChI=1S/C10H13F3N4O/c11-10(12,13)9(18)16-5-1-4-15-8-3-2-7(14)6-17-8/h2-3,6H,1,4-5,14H2,(H,15,17)(H,16,18). The van der Waals surface area contributed by atoms with E-state index >= 15 is 0 Å². The Morgan fingerprint density at radius 1 is 1.33 bits per heavy atom. The van der Waals surface area contributed by atoms with Gasteiger partial charge in [-0.1, -0.05) is 0 Å². The van der Waals surface area contributed by atoms with Crippen molar-refractivity contribution in [2.75, 3.05) is 24.1 Å². The maximum absolute atomic E-state index is 11.8. The number of halogens is 3. The van der Waals surface area contributed by atoms with E-state index in [1.54, 1.807) is 17.4 Å². The molecule has 1 amide bonds. The molecular formula is C10H13F3N4O. The molecule has 0 atom stereocenters. The Morgan fingerprint density at radius 2 is 2.06 bits per heavy atom. The Hall–Kier alpha value is -1.99. The van der Waals surface area contributed by atoms with E-state index in [-0.39, 0.29) is 6.54 Å². The maximum atomic E-state index is 11.8. The van der Waals surface area contributed by atoms with Crippen LogP contribution in [-0.2, 0) is 4.79 Å². The van der Waals surface area contributed by atoms with Crippen LogP contribution in [0.5, 0.6) is 0 Å². The normalized spacial score (nSPS) is 11.1. The van der Waals surface area contributed by atoms with Gasteiger partial charge in [-0.15, -0.1) is 0 Å². The van der Waals surface area contributed by atoms with E-state index in [9.17, 15) is 18.0 Å². The van der Waals surface area contributed by atoms with Crippen LogP contribution in [0.25, 0.3) is 0 Å². The lowest BCUT2D eigenvalue weighted by Crippen LogP contribution is -2.37. The third-order valence-corrected chi connectivity index (χ3v) is 1.99. The Bertz CT molecular complexity index is 391. The molecule has 0 aliphatic carbocycles. The molecule has 0 radical (unpaired) electrons. The number of nitrogen functional groups attached to an aromatic ring is 1. The smallest absolute Gasteiger partial charge is 0.397 e. The third kappa shape index (κ3) is 4.89. The first-order chi connectivity index (χ1) is 8.39. The lowest BCUT2D eigenvalue weighted by molar-refractivity contribution is -0.173. The van der Waals surface area contributed by atoms with E-state index in [1.807, 2.05) is 0 Å². The highest BCUT2D eigenvalue weighted by Crippen LogP contribution is 2.13. The molecular weight excluding hydrogens is 249 g/mol. The number of nitrogens with one attached hydrogen (secondary N) is 2. The van der Waals surface area contributed by atoms with Gasteiger partial charge in [-0.25, -0.2) is 4.98 Å². The monoisotopic (exact) mass is 262 g/mol. The fourth-order valence-corrected chi connectivity index (χ4v) is 1.12. The second-order valence-electron chi connectivity index (χ2n) is 3.51. The summed E-state index contributed by atoms with van der Waals surface area (Å²) in [6, 6.07) is 3.31. The van der Waals surface area contributed by atoms with Crippen LogP contribution in [0.15, 0.2) is 18.3 Å². The summed E-state index contributed by atoms with van der Waals surface area (Å²) in [5, 5.41) is 4.66. The predicted octanol–water partition coefficient (Wildman–Crippen LogP) is 1.14. The van der Waals surface area contributed by atoms with Gasteiger partial charge in [0.1, 0.15) is 5.82 Å². The predicted molar refractivity (Wildman–Crippen MR) is 60.8 cm³/mol. The maximum Gasteiger partial charge on any atom is 0.471 e. The molecule has 0 aliphatic rings. The highest BCUT2D eigenvalue weighted by molar-refractivity contribution is 5.81. The van der Waals surface area contributed by atoms with Gasteiger partial charge in [-0.2, -0.15) is 13.2 Å². The molecule has 0 bridgehead atoms. The topological polar surface area (TPSA) is 80.0 Å². The zero-order valence-electron chi connectivity index (χ0n) is 9.42. The molecule has 1 aromatic heterocycles. The number of hydrogen-bond acceptors (Lipinski definition) is 4. The fourth-order valence-electron chi connectivity index (χ4n) is 1.12. The average Bonchev–Trinajstić information content (AvgIpc) is 2.29. The van der Waals surface area contributed by atoms with Crippen LogP contribution in [0.3, 0.4) is 0 Å². The molecule has 1 rings (SSSR count). The van der Waals surface area contributed by atoms with Gasteiger partial charge in [0, 0.05) is 13.1 Å². The lowest BCUT2D eigenvalue weighted by atomic mass is 10.4. The number of amides is 1. The minimum absolute atomic E-state index is 0.0552. The van der Waals surface area contributed by atoms with Crippen molar-refractivity contribution in [2.45, 2.75) is 12.6 Å². The van der Waals surface area contributed by atoms with E-state index in [0.717, 1.165) is 0 Å². The molecule has 4 N–H and O–H groups in total. The number of aromatic nitrogens is 1. The number of alkyl halides is 3. The summed E-state index contributed by atoms with van der Waals surface area (Å²) in [4.78, 5) is 14.4. The van der Waals surface area contributed by atoms with E-state index in [0.29, 0.717) is 24.5 Å². The van der Waals surface area contributed by atoms with Crippen molar-refractivity contribution in [1.29, 1.82) is 0 Å². The van der Waals surface area contributed by atoms with Gasteiger partial charge in [0.15, 0.2) is 0 Å². The van der Waals surface area contributed by atoms with E-state index in [2.05, 4.69) is 10.3 Å². The largest absolute Gasteiger partial charge is 0.471 e. The molecule has 8 heteroatoms. The quantitative estimate of drug-likeness (QED) is 0.695. The van der Waals surface area contributed by atoms with Crippen molar-refractivity contribution in [3.63, 3.8) is 0 Å². The first-order valence-corrected chi connectivity index (χ1v) is 5.20. The average molecular weight is 262 g/mol. The molecule has 0 spiro atoms. The Kier molecular flexibility index (Phi) is 4.75. The van der Waals surface area contributed by atoms with Gasteiger partial charge in [-0.05, 0) is 18.6 Å². The zero-order valence-corrected chi connectivity index (χ0v) is 9.42. The van der Waals surface area contributed by atoms with E-state index in [4.69, 9.17) is 5.73 Å². The second kappa shape index (κ2) is 6.08. The number of rotatable bonds is 5. The number of carbonyl (C=O) groups is 1. The minimum atomic E-state index is -4.83. The van der Waals surface area contributed by atoms with Crippen molar-refractivity contribution in [1.82, 2.24) is 10.3 Å². The van der Waals surface area contributed by atoms with Crippen molar-refractivity contribution in [3.05, 3.63) is 18.3 Å². The molecule has 18 heavy (non-hydrogen) atoms. The number of hydrogen-bond donors (Lipinski definition) is 3. The van der Waals surface area contributed by atoms with Crippen molar-refractivity contribution >= 4 is 17.4 Å². The summed E-state index contributed by atoms with van der Waals surface area (Å²) >= 11 is 0. The highest BCUT2D eigenvalue weighted by atomic mass is 19.4. The Balaban J connectivity index is 2.16. The molecule has 0 fully saturated rings. The van der Waals surface area contributed by atoms with Crippen molar-refractivity contribution in [2.24, 2.45) is 0 Å². The first kappa shape index (κ1) is 14.1. The third-order valence-electron chi connectivity index (χ3n) is 1.99. The summed E-state index contributed by atoms with van der Waals surface area (Å²) in [6.07, 6.45) is -3.01. The molecule has 0 aliphatic heterocycles. The molecule has 100 valence electrons. The number of nitrogens with two attached hydrogens (primary N) is 1. The molecule has 1 aromatic rings. The molecule has 0 saturated heterocycles. The summed E-state index contributed by atoms with van der Waals surface area (Å²) in [7, 11) is 0. The fraction of sp³-hybridized carbons (Fsp3) is 0.400. The summed E-state index contributed by atoms with van der Waals surface area (Å²) in [5.74, 6) is -1.35. The van der Waals surface area contributed by atoms with Crippen LogP contribution in [0, 0.1) is 0 Å². The number of carbonyl (C=O) groups excluding carboxylic acids is 1. The van der Waals surface area contributed by atoms with E-state index < -0.39 is 12.1 Å². The van der Waals surface area contributed by atoms with Gasteiger partial charge in [0.2, 0.25) is 0 Å². The van der Waals surface area contributed by atoms with Gasteiger partial charge < -0.3 is 16.4 Å².